The van der Waals surface area contributed by atoms with Crippen LogP contribution < -0.4 is 4.74 Å². The second kappa shape index (κ2) is 5.90. The lowest BCUT2D eigenvalue weighted by Crippen LogP contribution is -2.30. The maximum Gasteiger partial charge on any atom is 0.414 e. The third-order valence-electron chi connectivity index (χ3n) is 2.62. The Balaban J connectivity index is 2.24. The molecule has 5 nitrogen and oxygen atoms in total. The Kier molecular flexibility index (Phi) is 4.38. The molecule has 0 saturated carbocycles. The fraction of sp³-hybridized carbons (Fsp3) is 0.333. The molecule has 1 heterocycles. The summed E-state index contributed by atoms with van der Waals surface area (Å²) in [6.45, 7) is 0. The molecule has 9 heteroatoms. The van der Waals surface area contributed by atoms with Crippen LogP contribution in [-0.4, -0.2) is 34.6 Å². The maximum absolute atomic E-state index is 12.3. The zero-order valence-corrected chi connectivity index (χ0v) is 11.4. The number of aromatic nitrogens is 2. The summed E-state index contributed by atoms with van der Waals surface area (Å²) in [5.74, 6) is 0.0749. The molecule has 0 radical (unpaired) electrons. The number of methoxy groups -OCH3 is 1. The van der Waals surface area contributed by atoms with E-state index in [4.69, 9.17) is 26.0 Å². The van der Waals surface area contributed by atoms with Gasteiger partial charge in [-0.3, -0.25) is 0 Å². The van der Waals surface area contributed by atoms with Gasteiger partial charge in [-0.05, 0) is 18.2 Å². The van der Waals surface area contributed by atoms with Crippen molar-refractivity contribution in [1.82, 2.24) is 10.1 Å². The van der Waals surface area contributed by atoms with Crippen molar-refractivity contribution < 1.29 is 27.5 Å². The highest BCUT2D eigenvalue weighted by atomic mass is 35.5. The Hall–Kier alpha value is -1.80. The van der Waals surface area contributed by atoms with Gasteiger partial charge in [0.15, 0.2) is 6.10 Å². The van der Waals surface area contributed by atoms with E-state index < -0.39 is 18.7 Å². The summed E-state index contributed by atoms with van der Waals surface area (Å²) >= 11 is 5.80. The predicted molar refractivity (Wildman–Crippen MR) is 67.1 cm³/mol. The molecule has 21 heavy (non-hydrogen) atoms. The van der Waals surface area contributed by atoms with Gasteiger partial charge in [-0.15, -0.1) is 0 Å². The second-order valence-electron chi connectivity index (χ2n) is 4.12. The van der Waals surface area contributed by atoms with Gasteiger partial charge in [-0.1, -0.05) is 16.8 Å². The molecule has 0 spiro atoms. The molecule has 0 fully saturated rings. The molecule has 0 amide bonds. The molecule has 0 aliphatic rings. The first-order valence-electron chi connectivity index (χ1n) is 5.72. The number of alkyl halides is 3. The summed E-state index contributed by atoms with van der Waals surface area (Å²) in [7, 11) is 1.41. The van der Waals surface area contributed by atoms with E-state index >= 15 is 0 Å². The van der Waals surface area contributed by atoms with Gasteiger partial charge < -0.3 is 14.4 Å². The first kappa shape index (κ1) is 15.6. The van der Waals surface area contributed by atoms with Crippen LogP contribution in [0.3, 0.4) is 0 Å². The summed E-state index contributed by atoms with van der Waals surface area (Å²) in [5, 5.41) is 13.0. The van der Waals surface area contributed by atoms with Crippen LogP contribution in [0.4, 0.5) is 13.2 Å². The molecule has 2 rings (SSSR count). The highest BCUT2D eigenvalue weighted by molar-refractivity contribution is 6.30. The molecule has 0 aliphatic carbocycles. The summed E-state index contributed by atoms with van der Waals surface area (Å²) in [4.78, 5) is 3.81. The van der Waals surface area contributed by atoms with E-state index in [0.29, 0.717) is 16.3 Å². The average Bonchev–Trinajstić information content (AvgIpc) is 2.85. The van der Waals surface area contributed by atoms with E-state index in [-0.39, 0.29) is 11.7 Å². The molecule has 2 aromatic rings. The van der Waals surface area contributed by atoms with Crippen LogP contribution in [0.2, 0.25) is 5.02 Å². The maximum atomic E-state index is 12.3. The molecule has 1 aromatic carbocycles. The molecule has 114 valence electrons. The Morgan fingerprint density at radius 3 is 2.76 bits per heavy atom. The van der Waals surface area contributed by atoms with Gasteiger partial charge in [0, 0.05) is 5.02 Å². The largest absolute Gasteiger partial charge is 0.496 e. The SMILES string of the molecule is COc1cc(Cl)ccc1-c1noc(CC(O)C(F)(F)F)n1. The van der Waals surface area contributed by atoms with Gasteiger partial charge in [0.25, 0.3) is 0 Å². The van der Waals surface area contributed by atoms with Crippen LogP contribution in [0.25, 0.3) is 11.4 Å². The highest BCUT2D eigenvalue weighted by Gasteiger charge is 2.39. The van der Waals surface area contributed by atoms with E-state index in [0.717, 1.165) is 0 Å². The lowest BCUT2D eigenvalue weighted by Gasteiger charge is -2.11. The van der Waals surface area contributed by atoms with E-state index in [9.17, 15) is 13.2 Å². The molecular formula is C12H10ClF3N2O3. The predicted octanol–water partition coefficient (Wildman–Crippen LogP) is 2.86. The third-order valence-corrected chi connectivity index (χ3v) is 2.85. The van der Waals surface area contributed by atoms with Crippen LogP contribution in [0.15, 0.2) is 22.7 Å². The smallest absolute Gasteiger partial charge is 0.414 e. The van der Waals surface area contributed by atoms with Crippen molar-refractivity contribution in [3.05, 3.63) is 29.1 Å². The summed E-state index contributed by atoms with van der Waals surface area (Å²) in [5.41, 5.74) is 0.415. The number of ether oxygens (including phenoxy) is 1. The first-order chi connectivity index (χ1) is 9.81. The summed E-state index contributed by atoms with van der Waals surface area (Å²) in [6, 6.07) is 4.62. The second-order valence-corrected chi connectivity index (χ2v) is 4.55. The van der Waals surface area contributed by atoms with Gasteiger partial charge in [-0.25, -0.2) is 0 Å². The number of nitrogens with zero attached hydrogens (tertiary/aromatic N) is 2. The number of aliphatic hydroxyl groups is 1. The van der Waals surface area contributed by atoms with Gasteiger partial charge in [0.1, 0.15) is 5.75 Å². The quantitative estimate of drug-likeness (QED) is 0.937. The number of benzene rings is 1. The monoisotopic (exact) mass is 322 g/mol. The lowest BCUT2D eigenvalue weighted by atomic mass is 10.2. The molecule has 1 aromatic heterocycles. The molecule has 1 atom stereocenters. The van der Waals surface area contributed by atoms with Crippen molar-refractivity contribution in [3.63, 3.8) is 0 Å². The number of aliphatic hydroxyl groups excluding tert-OH is 1. The standard InChI is InChI=1S/C12H10ClF3N2O3/c1-20-8-4-6(13)2-3-7(8)11-17-10(21-18-11)5-9(19)12(14,15)16/h2-4,9,19H,5H2,1H3. The van der Waals surface area contributed by atoms with Gasteiger partial charge in [-0.2, -0.15) is 18.2 Å². The normalized spacial score (nSPS) is 13.2. The Labute approximate surface area is 122 Å². The van der Waals surface area contributed by atoms with E-state index in [2.05, 4.69) is 10.1 Å². The van der Waals surface area contributed by atoms with Crippen molar-refractivity contribution in [3.8, 4) is 17.1 Å². The van der Waals surface area contributed by atoms with Crippen LogP contribution in [0.5, 0.6) is 5.75 Å². The number of hydrogen-bond acceptors (Lipinski definition) is 5. The Bertz CT molecular complexity index is 630. The molecular weight excluding hydrogens is 313 g/mol. The molecule has 1 N–H and O–H groups in total. The average molecular weight is 323 g/mol. The topological polar surface area (TPSA) is 68.4 Å². The molecule has 1 unspecified atom stereocenters. The van der Waals surface area contributed by atoms with Crippen LogP contribution in [0.1, 0.15) is 5.89 Å². The zero-order valence-electron chi connectivity index (χ0n) is 10.7. The summed E-state index contributed by atoms with van der Waals surface area (Å²) < 4.78 is 46.6. The minimum atomic E-state index is -4.74. The van der Waals surface area contributed by atoms with Crippen LogP contribution in [0, 0.1) is 0 Å². The lowest BCUT2D eigenvalue weighted by molar-refractivity contribution is -0.204. The van der Waals surface area contributed by atoms with Gasteiger partial charge in [0.05, 0.1) is 19.1 Å². The Morgan fingerprint density at radius 2 is 2.14 bits per heavy atom. The first-order valence-corrected chi connectivity index (χ1v) is 6.10. The zero-order chi connectivity index (χ0) is 15.6. The minimum absolute atomic E-state index is 0.0490. The van der Waals surface area contributed by atoms with Gasteiger partial charge in [0.2, 0.25) is 11.7 Å². The number of hydrogen-bond donors (Lipinski definition) is 1. The van der Waals surface area contributed by atoms with Crippen molar-refractivity contribution >= 4 is 11.6 Å². The van der Waals surface area contributed by atoms with E-state index in [1.165, 1.54) is 13.2 Å². The number of halogens is 4. The van der Waals surface area contributed by atoms with E-state index in [1.54, 1.807) is 12.1 Å². The molecule has 0 aliphatic heterocycles. The fourth-order valence-electron chi connectivity index (χ4n) is 1.58. The van der Waals surface area contributed by atoms with Crippen molar-refractivity contribution in [2.24, 2.45) is 0 Å². The van der Waals surface area contributed by atoms with Crippen LogP contribution in [-0.2, 0) is 6.42 Å². The van der Waals surface area contributed by atoms with Crippen molar-refractivity contribution in [1.29, 1.82) is 0 Å². The minimum Gasteiger partial charge on any atom is -0.496 e. The summed E-state index contributed by atoms with van der Waals surface area (Å²) in [6.07, 6.45) is -8.11. The fourth-order valence-corrected chi connectivity index (χ4v) is 1.74. The third kappa shape index (κ3) is 3.64. The highest BCUT2D eigenvalue weighted by Crippen LogP contribution is 2.31. The molecule has 0 bridgehead atoms. The van der Waals surface area contributed by atoms with Crippen LogP contribution >= 0.6 is 11.6 Å². The van der Waals surface area contributed by atoms with Crippen molar-refractivity contribution in [2.75, 3.05) is 7.11 Å². The number of rotatable bonds is 4. The van der Waals surface area contributed by atoms with Crippen molar-refractivity contribution in [2.45, 2.75) is 18.7 Å². The molecule has 0 saturated heterocycles. The van der Waals surface area contributed by atoms with Gasteiger partial charge >= 0.3 is 6.18 Å². The van der Waals surface area contributed by atoms with E-state index in [1.807, 2.05) is 0 Å². The Morgan fingerprint density at radius 1 is 1.43 bits per heavy atom.